The zero-order valence-corrected chi connectivity index (χ0v) is 14.2. The zero-order valence-electron chi connectivity index (χ0n) is 14.2. The molecule has 0 unspecified atom stereocenters. The van der Waals surface area contributed by atoms with Crippen molar-refractivity contribution in [3.63, 3.8) is 0 Å². The number of rotatable bonds is 6. The highest BCUT2D eigenvalue weighted by Gasteiger charge is 2.19. The molecule has 11 nitrogen and oxygen atoms in total. The molecule has 0 radical (unpaired) electrons. The van der Waals surface area contributed by atoms with Gasteiger partial charge in [-0.05, 0) is 24.3 Å². The molecule has 28 heavy (non-hydrogen) atoms. The van der Waals surface area contributed by atoms with Crippen molar-refractivity contribution in [2.75, 3.05) is 0 Å². The summed E-state index contributed by atoms with van der Waals surface area (Å²) >= 11 is 0. The number of hydrogen-bond acceptors (Lipinski definition) is 6. The highest BCUT2D eigenvalue weighted by Crippen LogP contribution is 2.20. The molecule has 0 aliphatic heterocycles. The van der Waals surface area contributed by atoms with Crippen LogP contribution in [0.3, 0.4) is 0 Å². The Kier molecular flexibility index (Phi) is 4.98. The second kappa shape index (κ2) is 7.53. The van der Waals surface area contributed by atoms with Crippen molar-refractivity contribution < 1.29 is 9.85 Å². The van der Waals surface area contributed by atoms with Crippen LogP contribution in [0.1, 0.15) is 17.0 Å². The summed E-state index contributed by atoms with van der Waals surface area (Å²) in [6, 6.07) is 9.67. The van der Waals surface area contributed by atoms with Crippen LogP contribution < -0.4 is 11.2 Å². The molecule has 0 amide bonds. The molecular formula is C17H13N5O6. The molecule has 0 fully saturated rings. The third-order valence-electron chi connectivity index (χ3n) is 3.94. The third-order valence-corrected chi connectivity index (χ3v) is 3.94. The Bertz CT molecular complexity index is 1200. The highest BCUT2D eigenvalue weighted by molar-refractivity contribution is 5.70. The van der Waals surface area contributed by atoms with Gasteiger partial charge in [0.1, 0.15) is 5.69 Å². The Morgan fingerprint density at radius 3 is 2.43 bits per heavy atom. The molecule has 3 rings (SSSR count). The Morgan fingerprint density at radius 2 is 1.71 bits per heavy atom. The van der Waals surface area contributed by atoms with Crippen molar-refractivity contribution in [2.45, 2.75) is 6.54 Å². The first kappa shape index (κ1) is 18.5. The summed E-state index contributed by atoms with van der Waals surface area (Å²) in [5.74, 6) is 0. The average molecular weight is 383 g/mol. The van der Waals surface area contributed by atoms with E-state index in [1.807, 2.05) is 0 Å². The van der Waals surface area contributed by atoms with Gasteiger partial charge in [0, 0.05) is 23.5 Å². The lowest BCUT2D eigenvalue weighted by Crippen LogP contribution is -2.25. The molecule has 3 aromatic rings. The molecule has 2 N–H and O–H groups in total. The van der Waals surface area contributed by atoms with Crippen molar-refractivity contribution in [1.82, 2.24) is 14.5 Å². The fourth-order valence-electron chi connectivity index (χ4n) is 2.70. The van der Waals surface area contributed by atoms with Crippen LogP contribution in [0, 0.1) is 20.2 Å². The summed E-state index contributed by atoms with van der Waals surface area (Å²) in [5, 5.41) is 22.2. The summed E-state index contributed by atoms with van der Waals surface area (Å²) in [6.07, 6.45) is 4.39. The van der Waals surface area contributed by atoms with Crippen LogP contribution in [-0.2, 0) is 6.54 Å². The fraction of sp³-hybridized carbons (Fsp3) is 0.0588. The lowest BCUT2D eigenvalue weighted by atomic mass is 10.2. The van der Waals surface area contributed by atoms with E-state index in [-0.39, 0.29) is 17.9 Å². The van der Waals surface area contributed by atoms with E-state index in [4.69, 9.17) is 0 Å². The van der Waals surface area contributed by atoms with Gasteiger partial charge in [0.15, 0.2) is 0 Å². The molecule has 0 aliphatic rings. The van der Waals surface area contributed by atoms with Crippen LogP contribution in [0.15, 0.2) is 52.2 Å². The van der Waals surface area contributed by atoms with E-state index in [2.05, 4.69) is 4.98 Å². The monoisotopic (exact) mass is 383 g/mol. The Balaban J connectivity index is 1.97. The highest BCUT2D eigenvalue weighted by atomic mass is 16.6. The van der Waals surface area contributed by atoms with Crippen LogP contribution >= 0.6 is 0 Å². The Hall–Kier alpha value is -4.28. The normalized spacial score (nSPS) is 11.0. The molecule has 0 aliphatic carbocycles. The molecular weight excluding hydrogens is 370 g/mol. The van der Waals surface area contributed by atoms with Gasteiger partial charge in [-0.25, -0.2) is 4.79 Å². The van der Waals surface area contributed by atoms with E-state index in [1.165, 1.54) is 18.2 Å². The quantitative estimate of drug-likeness (QED) is 0.489. The number of nitrogens with zero attached hydrogens (tertiary/aromatic N) is 3. The molecule has 2 heterocycles. The molecule has 142 valence electrons. The molecule has 0 atom stereocenters. The predicted molar refractivity (Wildman–Crippen MR) is 99.9 cm³/mol. The van der Waals surface area contributed by atoms with Crippen LogP contribution in [0.2, 0.25) is 0 Å². The second-order valence-electron chi connectivity index (χ2n) is 5.71. The zero-order chi connectivity index (χ0) is 20.3. The van der Waals surface area contributed by atoms with Crippen LogP contribution in [0.4, 0.5) is 11.4 Å². The first-order valence-electron chi connectivity index (χ1n) is 7.93. The minimum atomic E-state index is -1.11. The number of nitro benzene ring substituents is 1. The van der Waals surface area contributed by atoms with Crippen LogP contribution in [0.5, 0.6) is 0 Å². The number of benzene rings is 1. The first-order valence-corrected chi connectivity index (χ1v) is 7.93. The van der Waals surface area contributed by atoms with Gasteiger partial charge in [-0.1, -0.05) is 18.2 Å². The maximum atomic E-state index is 11.7. The van der Waals surface area contributed by atoms with Crippen molar-refractivity contribution >= 4 is 23.5 Å². The molecule has 0 spiro atoms. The first-order chi connectivity index (χ1) is 13.4. The summed E-state index contributed by atoms with van der Waals surface area (Å²) in [5.41, 5.74) is -2.00. The average Bonchev–Trinajstić information content (AvgIpc) is 3.06. The molecule has 1 aromatic carbocycles. The Morgan fingerprint density at radius 1 is 0.964 bits per heavy atom. The summed E-state index contributed by atoms with van der Waals surface area (Å²) in [6.45, 7) is 0.192. The standard InChI is InChI=1S/C17H13N5O6/c23-16-15(22(27)28)13(18-17(24)19-16)8-7-12-5-3-9-20(12)10-11-4-1-2-6-14(11)21(25)26/h1-9H,10H2,(H2,18,19,23,24)/b8-7-. The van der Waals surface area contributed by atoms with Crippen molar-refractivity contribution in [1.29, 1.82) is 0 Å². The lowest BCUT2D eigenvalue weighted by Gasteiger charge is -2.07. The van der Waals surface area contributed by atoms with E-state index in [0.29, 0.717) is 11.3 Å². The Labute approximate surface area is 155 Å². The third kappa shape index (κ3) is 3.77. The minimum Gasteiger partial charge on any atom is -0.343 e. The van der Waals surface area contributed by atoms with Gasteiger partial charge in [0.25, 0.3) is 5.69 Å². The summed E-state index contributed by atoms with van der Waals surface area (Å²) in [7, 11) is 0. The summed E-state index contributed by atoms with van der Waals surface area (Å²) in [4.78, 5) is 48.0. The van der Waals surface area contributed by atoms with Gasteiger partial charge in [-0.15, -0.1) is 0 Å². The second-order valence-corrected chi connectivity index (χ2v) is 5.71. The minimum absolute atomic E-state index is 0.0271. The van der Waals surface area contributed by atoms with Crippen molar-refractivity contribution in [3.8, 4) is 0 Å². The molecule has 0 saturated carbocycles. The number of aromatic amines is 2. The largest absolute Gasteiger partial charge is 0.357 e. The number of para-hydroxylation sites is 1. The van der Waals surface area contributed by atoms with Crippen molar-refractivity contribution in [3.05, 3.63) is 101 Å². The molecule has 0 bridgehead atoms. The van der Waals surface area contributed by atoms with Gasteiger partial charge in [-0.2, -0.15) is 0 Å². The molecule has 11 heteroatoms. The van der Waals surface area contributed by atoms with E-state index in [9.17, 15) is 29.8 Å². The van der Waals surface area contributed by atoms with Gasteiger partial charge in [0.2, 0.25) is 0 Å². The molecule has 0 saturated heterocycles. The van der Waals surface area contributed by atoms with E-state index in [0.717, 1.165) is 0 Å². The SMILES string of the molecule is O=c1[nH]c(/C=C\c2cccn2Cc2ccccc2[N+](=O)[O-])c([N+](=O)[O-])c(=O)[nH]1. The van der Waals surface area contributed by atoms with Crippen LogP contribution in [-0.4, -0.2) is 24.4 Å². The van der Waals surface area contributed by atoms with E-state index in [1.54, 1.807) is 46.1 Å². The summed E-state index contributed by atoms with van der Waals surface area (Å²) < 4.78 is 1.69. The number of aromatic nitrogens is 3. The fourth-order valence-corrected chi connectivity index (χ4v) is 2.70. The number of H-pyrrole nitrogens is 2. The van der Waals surface area contributed by atoms with E-state index >= 15 is 0 Å². The van der Waals surface area contributed by atoms with Gasteiger partial charge >= 0.3 is 16.9 Å². The smallest absolute Gasteiger partial charge is 0.343 e. The number of hydrogen-bond donors (Lipinski definition) is 2. The maximum absolute atomic E-state index is 11.7. The van der Waals surface area contributed by atoms with Gasteiger partial charge in [-0.3, -0.25) is 30.0 Å². The topological polar surface area (TPSA) is 157 Å². The van der Waals surface area contributed by atoms with Crippen LogP contribution in [0.25, 0.3) is 12.2 Å². The number of nitro groups is 2. The van der Waals surface area contributed by atoms with E-state index < -0.39 is 26.8 Å². The van der Waals surface area contributed by atoms with Gasteiger partial charge in [0.05, 0.1) is 16.4 Å². The predicted octanol–water partition coefficient (Wildman–Crippen LogP) is 1.90. The van der Waals surface area contributed by atoms with Crippen molar-refractivity contribution in [2.24, 2.45) is 0 Å². The number of nitrogens with one attached hydrogen (secondary N) is 2. The molecule has 2 aromatic heterocycles. The lowest BCUT2D eigenvalue weighted by molar-refractivity contribution is -0.386. The maximum Gasteiger partial charge on any atom is 0.357 e. The van der Waals surface area contributed by atoms with Gasteiger partial charge < -0.3 is 9.55 Å².